The highest BCUT2D eigenvalue weighted by Crippen LogP contribution is 2.25. The van der Waals surface area contributed by atoms with Gasteiger partial charge in [-0.25, -0.2) is 0 Å². The van der Waals surface area contributed by atoms with Crippen molar-refractivity contribution in [3.8, 4) is 0 Å². The van der Waals surface area contributed by atoms with Gasteiger partial charge >= 0.3 is 0 Å². The number of ether oxygens (including phenoxy) is 1. The number of aromatic nitrogens is 1. The molecule has 0 radical (unpaired) electrons. The molecule has 3 rings (SSSR count). The molecule has 0 aliphatic carbocycles. The molecule has 1 aromatic carbocycles. The molecule has 3 nitrogen and oxygen atoms in total. The summed E-state index contributed by atoms with van der Waals surface area (Å²) in [5.74, 6) is 0.689. The number of nitrogens with zero attached hydrogens (tertiary/aromatic N) is 1. The molecule has 0 saturated carbocycles. The van der Waals surface area contributed by atoms with E-state index in [1.54, 1.807) is 0 Å². The Bertz CT molecular complexity index is 567. The normalized spacial score (nSPS) is 16.8. The molecule has 0 amide bonds. The lowest BCUT2D eigenvalue weighted by Gasteiger charge is -2.22. The van der Waals surface area contributed by atoms with E-state index in [-0.39, 0.29) is 0 Å². The summed E-state index contributed by atoms with van der Waals surface area (Å²) >= 11 is 0. The highest BCUT2D eigenvalue weighted by Gasteiger charge is 2.16. The van der Waals surface area contributed by atoms with Gasteiger partial charge in [0.05, 0.1) is 0 Å². The second-order valence-electron chi connectivity index (χ2n) is 5.25. The van der Waals surface area contributed by atoms with Gasteiger partial charge in [-0.1, -0.05) is 18.2 Å². The third-order valence-electron chi connectivity index (χ3n) is 3.97. The van der Waals surface area contributed by atoms with Gasteiger partial charge < -0.3 is 14.1 Å². The molecule has 1 aliphatic heterocycles. The molecule has 0 unspecified atom stereocenters. The van der Waals surface area contributed by atoms with Crippen molar-refractivity contribution in [1.29, 1.82) is 0 Å². The number of para-hydroxylation sites is 1. The highest BCUT2D eigenvalue weighted by atomic mass is 16.5. The van der Waals surface area contributed by atoms with Gasteiger partial charge in [-0.15, -0.1) is 0 Å². The van der Waals surface area contributed by atoms with Crippen LogP contribution in [-0.2, 0) is 22.5 Å². The van der Waals surface area contributed by atoms with Gasteiger partial charge in [0.2, 0.25) is 0 Å². The Labute approximate surface area is 113 Å². The lowest BCUT2D eigenvalue weighted by atomic mass is 10.0. The van der Waals surface area contributed by atoms with Crippen LogP contribution in [0.5, 0.6) is 0 Å². The number of benzene rings is 1. The minimum absolute atomic E-state index is 0.501. The van der Waals surface area contributed by atoms with Crippen LogP contribution in [0.4, 0.5) is 0 Å². The molecule has 2 aromatic rings. The van der Waals surface area contributed by atoms with E-state index in [0.717, 1.165) is 44.4 Å². The first-order chi connectivity index (χ1) is 9.38. The van der Waals surface area contributed by atoms with Crippen molar-refractivity contribution < 1.29 is 9.53 Å². The van der Waals surface area contributed by atoms with Gasteiger partial charge in [-0.2, -0.15) is 0 Å². The van der Waals surface area contributed by atoms with E-state index < -0.39 is 0 Å². The summed E-state index contributed by atoms with van der Waals surface area (Å²) in [5, 5.41) is 1.21. The molecule has 1 saturated heterocycles. The molecule has 0 atom stereocenters. The topological polar surface area (TPSA) is 31.2 Å². The molecule has 19 heavy (non-hydrogen) atoms. The number of hydrogen-bond donors (Lipinski definition) is 0. The van der Waals surface area contributed by atoms with Crippen molar-refractivity contribution in [2.45, 2.75) is 25.8 Å². The first-order valence-electron chi connectivity index (χ1n) is 6.96. The number of aldehydes is 1. The summed E-state index contributed by atoms with van der Waals surface area (Å²) < 4.78 is 7.72. The van der Waals surface area contributed by atoms with Crippen LogP contribution in [0.15, 0.2) is 30.5 Å². The molecule has 100 valence electrons. The Morgan fingerprint density at radius 2 is 2.05 bits per heavy atom. The molecule has 0 bridgehead atoms. The number of fused-ring (bicyclic) bond motifs is 1. The fraction of sp³-hybridized carbons (Fsp3) is 0.438. The molecule has 1 fully saturated rings. The van der Waals surface area contributed by atoms with E-state index in [2.05, 4.69) is 29.0 Å². The van der Waals surface area contributed by atoms with Gasteiger partial charge in [-0.3, -0.25) is 0 Å². The smallest absolute Gasteiger partial charge is 0.124 e. The molecule has 0 spiro atoms. The highest BCUT2D eigenvalue weighted by molar-refractivity contribution is 5.85. The average molecular weight is 257 g/mol. The third-order valence-corrected chi connectivity index (χ3v) is 3.97. The zero-order valence-corrected chi connectivity index (χ0v) is 11.0. The van der Waals surface area contributed by atoms with Gasteiger partial charge in [0, 0.05) is 43.3 Å². The van der Waals surface area contributed by atoms with Crippen LogP contribution >= 0.6 is 0 Å². The van der Waals surface area contributed by atoms with Crippen molar-refractivity contribution in [3.63, 3.8) is 0 Å². The summed E-state index contributed by atoms with van der Waals surface area (Å²) in [6, 6.07) is 8.35. The van der Waals surface area contributed by atoms with E-state index in [9.17, 15) is 4.79 Å². The zero-order chi connectivity index (χ0) is 13.1. The average Bonchev–Trinajstić information content (AvgIpc) is 2.79. The summed E-state index contributed by atoms with van der Waals surface area (Å²) in [4.78, 5) is 10.8. The largest absolute Gasteiger partial charge is 0.381 e. The van der Waals surface area contributed by atoms with Crippen molar-refractivity contribution in [1.82, 2.24) is 4.57 Å². The number of carbonyl (C=O) groups excluding carboxylic acids is 1. The van der Waals surface area contributed by atoms with Gasteiger partial charge in [0.15, 0.2) is 0 Å². The molecule has 1 aliphatic rings. The first kappa shape index (κ1) is 12.4. The van der Waals surface area contributed by atoms with E-state index in [4.69, 9.17) is 4.74 Å². The Kier molecular flexibility index (Phi) is 3.65. The van der Waals surface area contributed by atoms with Crippen molar-refractivity contribution in [2.75, 3.05) is 13.2 Å². The molecule has 1 aromatic heterocycles. The Morgan fingerprint density at radius 1 is 1.26 bits per heavy atom. The van der Waals surface area contributed by atoms with Crippen molar-refractivity contribution in [3.05, 3.63) is 36.0 Å². The van der Waals surface area contributed by atoms with Crippen LogP contribution < -0.4 is 0 Å². The number of carbonyl (C=O) groups is 1. The lowest BCUT2D eigenvalue weighted by Crippen LogP contribution is -2.20. The van der Waals surface area contributed by atoms with E-state index in [0.29, 0.717) is 12.3 Å². The maximum Gasteiger partial charge on any atom is 0.124 e. The Hall–Kier alpha value is -1.61. The zero-order valence-electron chi connectivity index (χ0n) is 11.0. The molecule has 3 heteroatoms. The van der Waals surface area contributed by atoms with E-state index in [1.807, 2.05) is 6.07 Å². The Balaban J connectivity index is 1.91. The predicted molar refractivity (Wildman–Crippen MR) is 75.2 cm³/mol. The summed E-state index contributed by atoms with van der Waals surface area (Å²) in [7, 11) is 0. The molecular weight excluding hydrogens is 238 g/mol. The predicted octanol–water partition coefficient (Wildman–Crippen LogP) is 2.81. The van der Waals surface area contributed by atoms with E-state index in [1.165, 1.54) is 10.9 Å². The third kappa shape index (κ3) is 2.56. The quantitative estimate of drug-likeness (QED) is 0.789. The lowest BCUT2D eigenvalue weighted by molar-refractivity contribution is -0.107. The summed E-state index contributed by atoms with van der Waals surface area (Å²) in [5.41, 5.74) is 2.38. The molecular formula is C16H19NO2. The molecule has 0 N–H and O–H groups in total. The maximum absolute atomic E-state index is 10.8. The second kappa shape index (κ2) is 5.57. The number of hydrogen-bond acceptors (Lipinski definition) is 2. The van der Waals surface area contributed by atoms with Crippen LogP contribution in [0.1, 0.15) is 18.4 Å². The maximum atomic E-state index is 10.8. The Morgan fingerprint density at radius 3 is 2.84 bits per heavy atom. The summed E-state index contributed by atoms with van der Waals surface area (Å²) in [6.45, 7) is 2.79. The SMILES string of the molecule is O=CCc1cn(CC2CCOCC2)c2ccccc12. The van der Waals surface area contributed by atoms with Crippen molar-refractivity contribution >= 4 is 17.2 Å². The van der Waals surface area contributed by atoms with Crippen LogP contribution in [0.25, 0.3) is 10.9 Å². The minimum Gasteiger partial charge on any atom is -0.381 e. The number of rotatable bonds is 4. The molecule has 2 heterocycles. The minimum atomic E-state index is 0.501. The van der Waals surface area contributed by atoms with E-state index >= 15 is 0 Å². The van der Waals surface area contributed by atoms with Crippen molar-refractivity contribution in [2.24, 2.45) is 5.92 Å². The fourth-order valence-electron chi connectivity index (χ4n) is 2.93. The van der Waals surface area contributed by atoms with Crippen LogP contribution in [0.2, 0.25) is 0 Å². The first-order valence-corrected chi connectivity index (χ1v) is 6.96. The summed E-state index contributed by atoms with van der Waals surface area (Å²) in [6.07, 6.45) is 5.90. The van der Waals surface area contributed by atoms with Gasteiger partial charge in [-0.05, 0) is 30.4 Å². The van der Waals surface area contributed by atoms with Crippen LogP contribution in [-0.4, -0.2) is 24.1 Å². The monoisotopic (exact) mass is 257 g/mol. The van der Waals surface area contributed by atoms with Crippen LogP contribution in [0, 0.1) is 5.92 Å². The van der Waals surface area contributed by atoms with Gasteiger partial charge in [0.1, 0.15) is 6.29 Å². The second-order valence-corrected chi connectivity index (χ2v) is 5.25. The fourth-order valence-corrected chi connectivity index (χ4v) is 2.93. The standard InChI is InChI=1S/C16H19NO2/c18-8-5-14-12-17(11-13-6-9-19-10-7-13)16-4-2-1-3-15(14)16/h1-4,8,12-13H,5-7,9-11H2. The van der Waals surface area contributed by atoms with Gasteiger partial charge in [0.25, 0.3) is 0 Å². The van der Waals surface area contributed by atoms with Crippen LogP contribution in [0.3, 0.4) is 0 Å².